The molecule has 6 nitrogen and oxygen atoms in total. The third kappa shape index (κ3) is 7.01. The predicted octanol–water partition coefficient (Wildman–Crippen LogP) is 5.30. The monoisotopic (exact) mass is 507 g/mol. The van der Waals surface area contributed by atoms with E-state index in [0.717, 1.165) is 28.9 Å². The van der Waals surface area contributed by atoms with Crippen molar-refractivity contribution in [2.45, 2.75) is 26.0 Å². The fourth-order valence-electron chi connectivity index (χ4n) is 4.16. The summed E-state index contributed by atoms with van der Waals surface area (Å²) in [6, 6.07) is 22.4. The number of aryl methyl sites for hydroxylation is 1. The van der Waals surface area contributed by atoms with E-state index in [-0.39, 0.29) is 5.75 Å². The van der Waals surface area contributed by atoms with Crippen LogP contribution in [0.1, 0.15) is 16.8 Å². The standard InChI is InChI=1S/C29H31F2N3O3/c1-21-26(20-33(15-16-36-2)19-25(35)17-22-9-5-3-6-10-22)29(34(32-21)24-11-7-4-8-12-24)37-28-14-13-23(30)18-27(28)31/h3-14,18,25,35H,15-17,19-20H2,1-2H3/t25-/m0/s1. The van der Waals surface area contributed by atoms with Crippen LogP contribution in [0.15, 0.2) is 78.9 Å². The minimum Gasteiger partial charge on any atom is -0.435 e. The van der Waals surface area contributed by atoms with Crippen LogP contribution in [0.25, 0.3) is 5.69 Å². The SMILES string of the molecule is COCCN(Cc1c(C)nn(-c2ccccc2)c1Oc1ccc(F)cc1F)C[C@@H](O)Cc1ccccc1. The van der Waals surface area contributed by atoms with Gasteiger partial charge in [-0.2, -0.15) is 5.10 Å². The number of aliphatic hydroxyl groups is 1. The molecule has 0 aliphatic heterocycles. The number of nitrogens with zero attached hydrogens (tertiary/aromatic N) is 3. The lowest BCUT2D eigenvalue weighted by molar-refractivity contribution is 0.0846. The molecule has 0 unspecified atom stereocenters. The number of hydrogen-bond acceptors (Lipinski definition) is 5. The third-order valence-corrected chi connectivity index (χ3v) is 6.02. The topological polar surface area (TPSA) is 59.8 Å². The maximum Gasteiger partial charge on any atom is 0.227 e. The van der Waals surface area contributed by atoms with Gasteiger partial charge in [-0.25, -0.2) is 13.5 Å². The molecule has 4 aromatic rings. The van der Waals surface area contributed by atoms with Crippen LogP contribution >= 0.6 is 0 Å². The number of benzene rings is 3. The molecule has 3 aromatic carbocycles. The van der Waals surface area contributed by atoms with Crippen molar-refractivity contribution >= 4 is 0 Å². The minimum atomic E-state index is -0.807. The van der Waals surface area contributed by atoms with Crippen molar-refractivity contribution in [2.24, 2.45) is 0 Å². The number of para-hydroxylation sites is 1. The normalized spacial score (nSPS) is 12.2. The largest absolute Gasteiger partial charge is 0.435 e. The molecule has 37 heavy (non-hydrogen) atoms. The highest BCUT2D eigenvalue weighted by Gasteiger charge is 2.23. The molecule has 0 saturated heterocycles. The van der Waals surface area contributed by atoms with E-state index in [1.54, 1.807) is 11.8 Å². The molecule has 194 valence electrons. The zero-order chi connectivity index (χ0) is 26.2. The van der Waals surface area contributed by atoms with E-state index >= 15 is 0 Å². The molecule has 0 bridgehead atoms. The molecule has 0 radical (unpaired) electrons. The number of methoxy groups -OCH3 is 1. The van der Waals surface area contributed by atoms with Crippen molar-refractivity contribution in [3.8, 4) is 17.3 Å². The van der Waals surface area contributed by atoms with Crippen LogP contribution in [0, 0.1) is 18.6 Å². The number of hydrogen-bond donors (Lipinski definition) is 1. The van der Waals surface area contributed by atoms with E-state index in [1.807, 2.05) is 67.6 Å². The zero-order valence-electron chi connectivity index (χ0n) is 21.0. The number of rotatable bonds is 12. The van der Waals surface area contributed by atoms with E-state index in [0.29, 0.717) is 44.2 Å². The first kappa shape index (κ1) is 26.5. The van der Waals surface area contributed by atoms with Crippen LogP contribution in [0.3, 0.4) is 0 Å². The highest BCUT2D eigenvalue weighted by atomic mass is 19.1. The van der Waals surface area contributed by atoms with Crippen molar-refractivity contribution < 1.29 is 23.4 Å². The van der Waals surface area contributed by atoms with Crippen LogP contribution in [0.5, 0.6) is 11.6 Å². The van der Waals surface area contributed by atoms with Crippen LogP contribution < -0.4 is 4.74 Å². The molecule has 4 rings (SSSR count). The van der Waals surface area contributed by atoms with Crippen molar-refractivity contribution in [2.75, 3.05) is 26.8 Å². The molecule has 8 heteroatoms. The summed E-state index contributed by atoms with van der Waals surface area (Å²) in [5.41, 5.74) is 3.21. The van der Waals surface area contributed by atoms with Gasteiger partial charge in [0.1, 0.15) is 5.82 Å². The summed E-state index contributed by atoms with van der Waals surface area (Å²) in [7, 11) is 1.63. The van der Waals surface area contributed by atoms with Crippen molar-refractivity contribution in [1.82, 2.24) is 14.7 Å². The highest BCUT2D eigenvalue weighted by Crippen LogP contribution is 2.33. The van der Waals surface area contributed by atoms with Gasteiger partial charge in [0, 0.05) is 32.8 Å². The van der Waals surface area contributed by atoms with Gasteiger partial charge in [-0.3, -0.25) is 4.90 Å². The second-order valence-electron chi connectivity index (χ2n) is 8.86. The van der Waals surface area contributed by atoms with E-state index < -0.39 is 17.7 Å². The molecule has 1 aromatic heterocycles. The number of aliphatic hydroxyl groups excluding tert-OH is 1. The van der Waals surface area contributed by atoms with Gasteiger partial charge in [0.2, 0.25) is 5.88 Å². The van der Waals surface area contributed by atoms with Crippen molar-refractivity contribution in [1.29, 1.82) is 0 Å². The maximum atomic E-state index is 14.6. The van der Waals surface area contributed by atoms with Gasteiger partial charge in [0.25, 0.3) is 0 Å². The van der Waals surface area contributed by atoms with Gasteiger partial charge >= 0.3 is 0 Å². The molecule has 0 fully saturated rings. The third-order valence-electron chi connectivity index (χ3n) is 6.02. The Labute approximate surface area is 215 Å². The summed E-state index contributed by atoms with van der Waals surface area (Å²) >= 11 is 0. The molecule has 1 atom stereocenters. The Kier molecular flexibility index (Phi) is 9.00. The van der Waals surface area contributed by atoms with Gasteiger partial charge in [0.15, 0.2) is 11.6 Å². The van der Waals surface area contributed by atoms with E-state index in [1.165, 1.54) is 6.07 Å². The number of aromatic nitrogens is 2. The van der Waals surface area contributed by atoms with E-state index in [2.05, 4.69) is 10.00 Å². The fourth-order valence-corrected chi connectivity index (χ4v) is 4.16. The molecule has 1 N–H and O–H groups in total. The minimum absolute atomic E-state index is 0.104. The Bertz CT molecular complexity index is 1280. The summed E-state index contributed by atoms with van der Waals surface area (Å²) < 4.78 is 41.1. The van der Waals surface area contributed by atoms with E-state index in [9.17, 15) is 13.9 Å². The number of ether oxygens (including phenoxy) is 2. The summed E-state index contributed by atoms with van der Waals surface area (Å²) in [6.07, 6.45) is -0.0980. The lowest BCUT2D eigenvalue weighted by Crippen LogP contribution is -2.35. The van der Waals surface area contributed by atoms with Gasteiger partial charge in [-0.05, 0) is 43.2 Å². The molecule has 0 amide bonds. The summed E-state index contributed by atoms with van der Waals surface area (Å²) in [6.45, 7) is 3.65. The molecular weight excluding hydrogens is 476 g/mol. The Balaban J connectivity index is 1.65. The second-order valence-corrected chi connectivity index (χ2v) is 8.86. The Morgan fingerprint density at radius 2 is 1.70 bits per heavy atom. The van der Waals surface area contributed by atoms with Crippen LogP contribution in [0.2, 0.25) is 0 Å². The zero-order valence-corrected chi connectivity index (χ0v) is 21.0. The van der Waals surface area contributed by atoms with Crippen LogP contribution in [-0.2, 0) is 17.7 Å². The molecule has 0 spiro atoms. The first-order chi connectivity index (χ1) is 17.9. The van der Waals surface area contributed by atoms with Gasteiger partial charge in [0.05, 0.1) is 29.7 Å². The first-order valence-electron chi connectivity index (χ1n) is 12.1. The molecule has 1 heterocycles. The highest BCUT2D eigenvalue weighted by molar-refractivity contribution is 5.43. The Hall–Kier alpha value is -3.59. The summed E-state index contributed by atoms with van der Waals surface area (Å²) in [5, 5.41) is 15.5. The number of halogens is 2. The Morgan fingerprint density at radius 1 is 1.00 bits per heavy atom. The predicted molar refractivity (Wildman–Crippen MR) is 138 cm³/mol. The second kappa shape index (κ2) is 12.6. The average molecular weight is 508 g/mol. The average Bonchev–Trinajstić information content (AvgIpc) is 3.19. The maximum absolute atomic E-state index is 14.6. The smallest absolute Gasteiger partial charge is 0.227 e. The fraction of sp³-hybridized carbons (Fsp3) is 0.276. The Morgan fingerprint density at radius 3 is 2.38 bits per heavy atom. The van der Waals surface area contributed by atoms with Gasteiger partial charge in [-0.1, -0.05) is 48.5 Å². The summed E-state index contributed by atoms with van der Waals surface area (Å²) in [4.78, 5) is 2.06. The van der Waals surface area contributed by atoms with Gasteiger partial charge in [-0.15, -0.1) is 0 Å². The lowest BCUT2D eigenvalue weighted by atomic mass is 10.1. The van der Waals surface area contributed by atoms with E-state index in [4.69, 9.17) is 9.47 Å². The van der Waals surface area contributed by atoms with Gasteiger partial charge < -0.3 is 14.6 Å². The molecular formula is C29H31F2N3O3. The quantitative estimate of drug-likeness (QED) is 0.282. The summed E-state index contributed by atoms with van der Waals surface area (Å²) in [5.74, 6) is -1.27. The van der Waals surface area contributed by atoms with Crippen LogP contribution in [-0.4, -0.2) is 52.7 Å². The van der Waals surface area contributed by atoms with Crippen molar-refractivity contribution in [3.05, 3.63) is 107 Å². The lowest BCUT2D eigenvalue weighted by Gasteiger charge is -2.25. The molecule has 0 saturated carbocycles. The van der Waals surface area contributed by atoms with Crippen LogP contribution in [0.4, 0.5) is 8.78 Å². The van der Waals surface area contributed by atoms with Crippen molar-refractivity contribution in [3.63, 3.8) is 0 Å². The molecule has 0 aliphatic rings. The first-order valence-corrected chi connectivity index (χ1v) is 12.1. The molecule has 0 aliphatic carbocycles.